The molecule has 0 aliphatic rings. The van der Waals surface area contributed by atoms with Crippen LogP contribution in [0.2, 0.25) is 0 Å². The van der Waals surface area contributed by atoms with E-state index < -0.39 is 0 Å². The monoisotopic (exact) mass is 181 g/mol. The molecule has 0 amide bonds. The molecule has 1 aromatic carbocycles. The molecule has 0 unspecified atom stereocenters. The smallest absolute Gasteiger partial charge is 0.193 e. The van der Waals surface area contributed by atoms with Gasteiger partial charge in [0, 0.05) is 17.3 Å². The first-order chi connectivity index (χ1) is 5.83. The summed E-state index contributed by atoms with van der Waals surface area (Å²) in [6.45, 7) is -0.0287. The fourth-order valence-electron chi connectivity index (χ4n) is 1.14. The zero-order chi connectivity index (χ0) is 8.55. The van der Waals surface area contributed by atoms with Crippen LogP contribution < -0.4 is 0 Å². The predicted octanol–water partition coefficient (Wildman–Crippen LogP) is 1.33. The SMILES string of the molecule is OCc1cccc2c1n[c]n2Cl. The molecule has 0 saturated heterocycles. The van der Waals surface area contributed by atoms with Crippen molar-refractivity contribution in [3.63, 3.8) is 0 Å². The van der Waals surface area contributed by atoms with Crippen LogP contribution in [0.1, 0.15) is 5.56 Å². The number of benzene rings is 1. The second-order valence-electron chi connectivity index (χ2n) is 2.44. The number of aliphatic hydroxyl groups excluding tert-OH is 1. The van der Waals surface area contributed by atoms with Gasteiger partial charge < -0.3 is 5.11 Å². The number of rotatable bonds is 1. The first-order valence-corrected chi connectivity index (χ1v) is 3.82. The molecule has 61 valence electrons. The highest BCUT2D eigenvalue weighted by molar-refractivity contribution is 6.18. The molecule has 2 rings (SSSR count). The molecule has 1 aromatic heterocycles. The fraction of sp³-hybridized carbons (Fsp3) is 0.125. The molecule has 1 radical (unpaired) electrons. The quantitative estimate of drug-likeness (QED) is 0.721. The van der Waals surface area contributed by atoms with Crippen molar-refractivity contribution in [1.82, 2.24) is 9.07 Å². The van der Waals surface area contributed by atoms with Crippen molar-refractivity contribution in [3.05, 3.63) is 30.1 Å². The average Bonchev–Trinajstić information content (AvgIpc) is 2.48. The number of aromatic nitrogens is 2. The van der Waals surface area contributed by atoms with Crippen LogP contribution in [0.3, 0.4) is 0 Å². The van der Waals surface area contributed by atoms with Gasteiger partial charge in [-0.1, -0.05) is 12.1 Å². The molecule has 1 heterocycles. The van der Waals surface area contributed by atoms with Gasteiger partial charge in [-0.05, 0) is 6.07 Å². The summed E-state index contributed by atoms with van der Waals surface area (Å²) in [5.74, 6) is 0. The molecular weight excluding hydrogens is 176 g/mol. The van der Waals surface area contributed by atoms with Crippen molar-refractivity contribution in [2.24, 2.45) is 0 Å². The standard InChI is InChI=1S/C8H6ClN2O/c9-11-5-10-8-6(4-12)2-1-3-7(8)11/h1-3,12H,4H2. The number of nitrogens with zero attached hydrogens (tertiary/aromatic N) is 2. The highest BCUT2D eigenvalue weighted by Crippen LogP contribution is 2.17. The van der Waals surface area contributed by atoms with Gasteiger partial charge in [-0.2, -0.15) is 0 Å². The number of para-hydroxylation sites is 1. The topological polar surface area (TPSA) is 38.1 Å². The van der Waals surface area contributed by atoms with Gasteiger partial charge in [0.2, 0.25) is 0 Å². The lowest BCUT2D eigenvalue weighted by Crippen LogP contribution is -1.84. The lowest BCUT2D eigenvalue weighted by atomic mass is 10.2. The molecular formula is C8H6ClN2O. The minimum Gasteiger partial charge on any atom is -0.392 e. The van der Waals surface area contributed by atoms with E-state index in [2.05, 4.69) is 11.3 Å². The van der Waals surface area contributed by atoms with Crippen LogP contribution in [0.25, 0.3) is 11.0 Å². The third kappa shape index (κ3) is 0.983. The van der Waals surface area contributed by atoms with E-state index in [0.29, 0.717) is 5.52 Å². The maximum Gasteiger partial charge on any atom is 0.193 e. The highest BCUT2D eigenvalue weighted by Gasteiger charge is 2.04. The molecule has 0 fully saturated rings. The number of imidazole rings is 1. The molecule has 0 bridgehead atoms. The Morgan fingerprint density at radius 1 is 1.58 bits per heavy atom. The third-order valence-electron chi connectivity index (χ3n) is 1.73. The van der Waals surface area contributed by atoms with Gasteiger partial charge >= 0.3 is 0 Å². The third-order valence-corrected chi connectivity index (χ3v) is 1.99. The summed E-state index contributed by atoms with van der Waals surface area (Å²) in [6.07, 6.45) is 2.57. The van der Waals surface area contributed by atoms with Gasteiger partial charge in [-0.25, -0.2) is 9.07 Å². The van der Waals surface area contributed by atoms with Gasteiger partial charge in [-0.3, -0.25) is 0 Å². The Morgan fingerprint density at radius 3 is 3.17 bits per heavy atom. The summed E-state index contributed by atoms with van der Waals surface area (Å²) in [6, 6.07) is 5.45. The predicted molar refractivity (Wildman–Crippen MR) is 45.7 cm³/mol. The first kappa shape index (κ1) is 7.58. The molecule has 0 aliphatic carbocycles. The van der Waals surface area contributed by atoms with Gasteiger partial charge in [-0.15, -0.1) is 0 Å². The summed E-state index contributed by atoms with van der Waals surface area (Å²) < 4.78 is 1.29. The van der Waals surface area contributed by atoms with Crippen molar-refractivity contribution in [2.45, 2.75) is 6.61 Å². The van der Waals surface area contributed by atoms with Crippen LogP contribution in [0.4, 0.5) is 0 Å². The summed E-state index contributed by atoms with van der Waals surface area (Å²) in [4.78, 5) is 3.94. The lowest BCUT2D eigenvalue weighted by molar-refractivity contribution is 0.283. The number of aliphatic hydroxyl groups is 1. The van der Waals surface area contributed by atoms with Crippen molar-refractivity contribution in [1.29, 1.82) is 0 Å². The molecule has 12 heavy (non-hydrogen) atoms. The van der Waals surface area contributed by atoms with Gasteiger partial charge in [0.1, 0.15) is 0 Å². The lowest BCUT2D eigenvalue weighted by Gasteiger charge is -1.96. The van der Waals surface area contributed by atoms with E-state index in [-0.39, 0.29) is 6.61 Å². The summed E-state index contributed by atoms with van der Waals surface area (Å²) in [7, 11) is 0. The van der Waals surface area contributed by atoms with Crippen LogP contribution in [0.5, 0.6) is 0 Å². The minimum absolute atomic E-state index is 0.0287. The molecule has 4 heteroatoms. The summed E-state index contributed by atoms with van der Waals surface area (Å²) in [5.41, 5.74) is 2.24. The Hall–Kier alpha value is -1.06. The molecule has 0 atom stereocenters. The number of fused-ring (bicyclic) bond motifs is 1. The molecule has 3 nitrogen and oxygen atoms in total. The molecule has 1 N–H and O–H groups in total. The van der Waals surface area contributed by atoms with E-state index in [1.165, 1.54) is 4.09 Å². The van der Waals surface area contributed by atoms with Gasteiger partial charge in [0.15, 0.2) is 6.33 Å². The maximum absolute atomic E-state index is 8.94. The van der Waals surface area contributed by atoms with Crippen molar-refractivity contribution in [3.8, 4) is 0 Å². The van der Waals surface area contributed by atoms with Crippen molar-refractivity contribution in [2.75, 3.05) is 0 Å². The van der Waals surface area contributed by atoms with E-state index in [0.717, 1.165) is 11.1 Å². The maximum atomic E-state index is 8.94. The van der Waals surface area contributed by atoms with Gasteiger partial charge in [0.05, 0.1) is 17.6 Å². The molecule has 0 saturated carbocycles. The van der Waals surface area contributed by atoms with Crippen molar-refractivity contribution >= 4 is 22.8 Å². The number of halogens is 1. The van der Waals surface area contributed by atoms with Gasteiger partial charge in [0.25, 0.3) is 0 Å². The Kier molecular flexibility index (Phi) is 1.75. The first-order valence-electron chi connectivity index (χ1n) is 3.48. The van der Waals surface area contributed by atoms with E-state index in [4.69, 9.17) is 16.9 Å². The molecule has 0 aliphatic heterocycles. The fourth-order valence-corrected chi connectivity index (χ4v) is 1.31. The Balaban J connectivity index is 2.81. The summed E-state index contributed by atoms with van der Waals surface area (Å²) in [5, 5.41) is 8.94. The van der Waals surface area contributed by atoms with E-state index in [1.54, 1.807) is 6.07 Å². The number of hydrogen-bond acceptors (Lipinski definition) is 2. The Labute approximate surface area is 74.3 Å². The second-order valence-corrected chi connectivity index (χ2v) is 2.77. The van der Waals surface area contributed by atoms with Crippen LogP contribution in [0.15, 0.2) is 18.2 Å². The zero-order valence-corrected chi connectivity index (χ0v) is 6.91. The second kappa shape index (κ2) is 2.77. The largest absolute Gasteiger partial charge is 0.392 e. The van der Waals surface area contributed by atoms with E-state index in [1.807, 2.05) is 12.1 Å². The van der Waals surface area contributed by atoms with Crippen molar-refractivity contribution < 1.29 is 5.11 Å². The van der Waals surface area contributed by atoms with Crippen LogP contribution in [-0.4, -0.2) is 14.2 Å². The Bertz CT molecular complexity index is 410. The zero-order valence-electron chi connectivity index (χ0n) is 6.16. The molecule has 2 aromatic rings. The average molecular weight is 182 g/mol. The van der Waals surface area contributed by atoms with Crippen LogP contribution in [-0.2, 0) is 6.61 Å². The normalized spacial score (nSPS) is 10.8. The van der Waals surface area contributed by atoms with E-state index in [9.17, 15) is 0 Å². The Morgan fingerprint density at radius 2 is 2.42 bits per heavy atom. The molecule has 0 spiro atoms. The minimum atomic E-state index is -0.0287. The number of hydrogen-bond donors (Lipinski definition) is 1. The summed E-state index contributed by atoms with van der Waals surface area (Å²) >= 11 is 5.72. The highest BCUT2D eigenvalue weighted by atomic mass is 35.5. The van der Waals surface area contributed by atoms with Crippen LogP contribution >= 0.6 is 11.8 Å². The van der Waals surface area contributed by atoms with E-state index >= 15 is 0 Å². The van der Waals surface area contributed by atoms with Crippen LogP contribution in [0, 0.1) is 6.33 Å².